The molecule has 0 spiro atoms. The molecule has 0 rings (SSSR count). The molecule has 3 N–H and O–H groups in total. The van der Waals surface area contributed by atoms with E-state index < -0.39 is 12.0 Å². The molecule has 0 heterocycles. The Hall–Kier alpha value is -2.21. The van der Waals surface area contributed by atoms with Crippen LogP contribution in [0.3, 0.4) is 0 Å². The molecule has 0 aliphatic carbocycles. The van der Waals surface area contributed by atoms with Crippen LogP contribution in [-0.4, -0.2) is 49.0 Å². The number of esters is 1. The summed E-state index contributed by atoms with van der Waals surface area (Å²) >= 11 is 0. The Morgan fingerprint density at radius 2 is 2.35 bits per heavy atom. The summed E-state index contributed by atoms with van der Waals surface area (Å²) < 4.78 is 4.43. The molecule has 0 fully saturated rings. The monoisotopic (exact) mass is 242 g/mol. The Labute approximate surface area is 97.9 Å². The third kappa shape index (κ3) is 5.43. The van der Waals surface area contributed by atoms with E-state index in [1.165, 1.54) is 13.2 Å². The van der Waals surface area contributed by atoms with Crippen molar-refractivity contribution in [2.75, 3.05) is 13.7 Å². The van der Waals surface area contributed by atoms with Crippen LogP contribution in [-0.2, 0) is 19.1 Å². The normalized spacial score (nSPS) is 10.9. The van der Waals surface area contributed by atoms with Gasteiger partial charge in [-0.1, -0.05) is 0 Å². The van der Waals surface area contributed by atoms with Crippen LogP contribution >= 0.6 is 0 Å². The molecule has 0 aromatic heterocycles. The molecular weight excluding hydrogens is 228 g/mol. The van der Waals surface area contributed by atoms with Crippen LogP contribution in [0.1, 0.15) is 12.8 Å². The SMILES string of the molecule is COC(=O)C(CCCN(C=O)C(=N)N)N=C=O. The third-order valence-corrected chi connectivity index (χ3v) is 2.00. The number of carbonyl (C=O) groups excluding carboxylic acids is 3. The maximum Gasteiger partial charge on any atom is 0.331 e. The quantitative estimate of drug-likeness (QED) is 0.194. The number of amides is 1. The van der Waals surface area contributed by atoms with E-state index in [1.54, 1.807) is 0 Å². The molecule has 1 unspecified atom stereocenters. The van der Waals surface area contributed by atoms with E-state index in [-0.39, 0.29) is 18.9 Å². The molecule has 0 aliphatic rings. The van der Waals surface area contributed by atoms with E-state index in [1.807, 2.05) is 0 Å². The number of guanidine groups is 1. The van der Waals surface area contributed by atoms with E-state index in [9.17, 15) is 14.4 Å². The van der Waals surface area contributed by atoms with E-state index in [0.717, 1.165) is 4.90 Å². The van der Waals surface area contributed by atoms with Crippen molar-refractivity contribution in [2.24, 2.45) is 10.7 Å². The van der Waals surface area contributed by atoms with Crippen LogP contribution < -0.4 is 5.73 Å². The lowest BCUT2D eigenvalue weighted by Gasteiger charge is -2.15. The highest BCUT2D eigenvalue weighted by atomic mass is 16.5. The van der Waals surface area contributed by atoms with Crippen LogP contribution in [0.5, 0.6) is 0 Å². The van der Waals surface area contributed by atoms with E-state index in [4.69, 9.17) is 11.1 Å². The molecule has 8 heteroatoms. The summed E-state index contributed by atoms with van der Waals surface area (Å²) in [5, 5.41) is 7.03. The van der Waals surface area contributed by atoms with Gasteiger partial charge < -0.3 is 10.5 Å². The highest BCUT2D eigenvalue weighted by Crippen LogP contribution is 2.04. The van der Waals surface area contributed by atoms with Gasteiger partial charge >= 0.3 is 5.97 Å². The average molecular weight is 242 g/mol. The van der Waals surface area contributed by atoms with E-state index in [2.05, 4.69) is 9.73 Å². The van der Waals surface area contributed by atoms with Crippen molar-refractivity contribution in [1.82, 2.24) is 4.90 Å². The number of isocyanates is 1. The second kappa shape index (κ2) is 8.00. The smallest absolute Gasteiger partial charge is 0.331 e. The number of methoxy groups -OCH3 is 1. The molecule has 0 bridgehead atoms. The van der Waals surface area contributed by atoms with Gasteiger partial charge in [0, 0.05) is 6.54 Å². The number of hydrogen-bond donors (Lipinski definition) is 2. The first-order valence-electron chi connectivity index (χ1n) is 4.77. The fourth-order valence-corrected chi connectivity index (χ4v) is 1.12. The summed E-state index contributed by atoms with van der Waals surface area (Å²) in [4.78, 5) is 35.9. The molecule has 0 radical (unpaired) electrons. The summed E-state index contributed by atoms with van der Waals surface area (Å²) in [5.41, 5.74) is 5.11. The van der Waals surface area contributed by atoms with Gasteiger partial charge in [0.2, 0.25) is 12.5 Å². The number of nitrogens with zero attached hydrogens (tertiary/aromatic N) is 2. The number of nitrogens with one attached hydrogen (secondary N) is 1. The average Bonchev–Trinajstić information content (AvgIpc) is 2.31. The van der Waals surface area contributed by atoms with Crippen LogP contribution in [0.2, 0.25) is 0 Å². The van der Waals surface area contributed by atoms with Gasteiger partial charge in [-0.05, 0) is 12.8 Å². The minimum atomic E-state index is -0.932. The molecular formula is C9H14N4O4. The minimum Gasteiger partial charge on any atom is -0.467 e. The number of carbonyl (C=O) groups is 2. The zero-order valence-electron chi connectivity index (χ0n) is 9.38. The first-order chi connectivity index (χ1) is 8.06. The maximum atomic E-state index is 11.1. The van der Waals surface area contributed by atoms with Crippen LogP contribution in [0.15, 0.2) is 4.99 Å². The molecule has 0 aromatic carbocycles. The zero-order valence-corrected chi connectivity index (χ0v) is 9.38. The minimum absolute atomic E-state index is 0.167. The molecule has 1 atom stereocenters. The lowest BCUT2D eigenvalue weighted by Crippen LogP contribution is -2.36. The lowest BCUT2D eigenvalue weighted by atomic mass is 10.1. The molecule has 0 aromatic rings. The van der Waals surface area contributed by atoms with Gasteiger partial charge in [-0.15, -0.1) is 0 Å². The molecule has 17 heavy (non-hydrogen) atoms. The molecule has 94 valence electrons. The Balaban J connectivity index is 4.22. The maximum absolute atomic E-state index is 11.1. The summed E-state index contributed by atoms with van der Waals surface area (Å²) in [6.07, 6.45) is 2.26. The second-order valence-electron chi connectivity index (χ2n) is 3.09. The largest absolute Gasteiger partial charge is 0.467 e. The van der Waals surface area contributed by atoms with Crippen molar-refractivity contribution in [1.29, 1.82) is 5.41 Å². The summed E-state index contributed by atoms with van der Waals surface area (Å²) in [6, 6.07) is -0.932. The zero-order chi connectivity index (χ0) is 13.3. The van der Waals surface area contributed by atoms with E-state index in [0.29, 0.717) is 12.8 Å². The third-order valence-electron chi connectivity index (χ3n) is 2.00. The Morgan fingerprint density at radius 3 is 2.76 bits per heavy atom. The first-order valence-corrected chi connectivity index (χ1v) is 4.77. The highest BCUT2D eigenvalue weighted by molar-refractivity contribution is 5.85. The number of nitrogens with two attached hydrogens (primary N) is 1. The molecule has 0 saturated carbocycles. The molecule has 1 amide bonds. The predicted octanol–water partition coefficient (Wildman–Crippen LogP) is -1.00. The van der Waals surface area contributed by atoms with Gasteiger partial charge in [-0.3, -0.25) is 15.1 Å². The Bertz CT molecular complexity index is 338. The first kappa shape index (κ1) is 14.8. The van der Waals surface area contributed by atoms with Gasteiger partial charge in [-0.2, -0.15) is 4.99 Å². The highest BCUT2D eigenvalue weighted by Gasteiger charge is 2.18. The van der Waals surface area contributed by atoms with Crippen LogP contribution in [0, 0.1) is 5.41 Å². The lowest BCUT2D eigenvalue weighted by molar-refractivity contribution is -0.142. The number of hydrogen-bond acceptors (Lipinski definition) is 6. The summed E-state index contributed by atoms with van der Waals surface area (Å²) in [7, 11) is 1.18. The van der Waals surface area contributed by atoms with Crippen molar-refractivity contribution in [3.05, 3.63) is 0 Å². The van der Waals surface area contributed by atoms with Gasteiger partial charge in [0.05, 0.1) is 7.11 Å². The molecule has 0 saturated heterocycles. The topological polar surface area (TPSA) is 126 Å². The van der Waals surface area contributed by atoms with Crippen molar-refractivity contribution in [3.8, 4) is 0 Å². The van der Waals surface area contributed by atoms with Crippen molar-refractivity contribution in [2.45, 2.75) is 18.9 Å². The fourth-order valence-electron chi connectivity index (χ4n) is 1.12. The van der Waals surface area contributed by atoms with Crippen molar-refractivity contribution in [3.63, 3.8) is 0 Å². The van der Waals surface area contributed by atoms with Gasteiger partial charge in [0.25, 0.3) is 0 Å². The van der Waals surface area contributed by atoms with Crippen molar-refractivity contribution >= 4 is 24.4 Å². The van der Waals surface area contributed by atoms with Crippen molar-refractivity contribution < 1.29 is 19.1 Å². The summed E-state index contributed by atoms with van der Waals surface area (Å²) in [5.74, 6) is -1.03. The molecule has 8 nitrogen and oxygen atoms in total. The fraction of sp³-hybridized carbons (Fsp3) is 0.556. The van der Waals surface area contributed by atoms with Gasteiger partial charge in [0.1, 0.15) is 0 Å². The Morgan fingerprint density at radius 1 is 1.71 bits per heavy atom. The van der Waals surface area contributed by atoms with Crippen LogP contribution in [0.4, 0.5) is 0 Å². The van der Waals surface area contributed by atoms with Gasteiger partial charge in [-0.25, -0.2) is 9.59 Å². The second-order valence-corrected chi connectivity index (χ2v) is 3.09. The number of ether oxygens (including phenoxy) is 1. The Kier molecular flexibility index (Phi) is 6.96. The van der Waals surface area contributed by atoms with Crippen LogP contribution in [0.25, 0.3) is 0 Å². The standard InChI is InChI=1S/C9H14N4O4/c1-17-8(16)7(12-5-14)3-2-4-13(6-15)9(10)11/h6-7H,2-4H2,1H3,(H3,10,11). The predicted molar refractivity (Wildman–Crippen MR) is 57.8 cm³/mol. The van der Waals surface area contributed by atoms with Gasteiger partial charge in [0.15, 0.2) is 12.0 Å². The number of rotatable bonds is 7. The summed E-state index contributed by atoms with van der Waals surface area (Å²) in [6.45, 7) is 0.167. The molecule has 0 aliphatic heterocycles. The van der Waals surface area contributed by atoms with E-state index >= 15 is 0 Å². The number of aliphatic imine (C=N–C) groups is 1.